The molecule has 0 amide bonds. The van der Waals surface area contributed by atoms with Crippen LogP contribution in [0, 0.1) is 5.41 Å². The van der Waals surface area contributed by atoms with E-state index in [1.807, 2.05) is 0 Å². The number of halogens is 1. The van der Waals surface area contributed by atoms with Crippen molar-refractivity contribution in [2.75, 3.05) is 14.1 Å². The lowest BCUT2D eigenvalue weighted by atomic mass is 10.3. The normalized spacial score (nSPS) is 9.58. The van der Waals surface area contributed by atoms with Crippen molar-refractivity contribution in [1.82, 2.24) is 9.88 Å². The van der Waals surface area contributed by atoms with Crippen molar-refractivity contribution >= 4 is 17.4 Å². The van der Waals surface area contributed by atoms with Crippen LogP contribution < -0.4 is 0 Å². The Morgan fingerprint density at radius 2 is 2.25 bits per heavy atom. The van der Waals surface area contributed by atoms with Crippen LogP contribution in [0.15, 0.2) is 18.3 Å². The highest BCUT2D eigenvalue weighted by atomic mass is 35.5. The molecule has 12 heavy (non-hydrogen) atoms. The molecule has 0 saturated carbocycles. The SMILES string of the molecule is CN(C)C(=N)c1ncccc1Cl. The van der Waals surface area contributed by atoms with Gasteiger partial charge in [0.1, 0.15) is 11.5 Å². The van der Waals surface area contributed by atoms with E-state index in [1.54, 1.807) is 37.3 Å². The molecule has 0 aliphatic rings. The third-order valence-electron chi connectivity index (χ3n) is 1.43. The first kappa shape index (κ1) is 9.00. The molecule has 4 heteroatoms. The summed E-state index contributed by atoms with van der Waals surface area (Å²) in [6, 6.07) is 3.47. The highest BCUT2D eigenvalue weighted by Crippen LogP contribution is 2.12. The van der Waals surface area contributed by atoms with Gasteiger partial charge in [0.15, 0.2) is 0 Å². The van der Waals surface area contributed by atoms with Crippen LogP contribution in [-0.2, 0) is 0 Å². The lowest BCUT2D eigenvalue weighted by Gasteiger charge is -2.13. The topological polar surface area (TPSA) is 40.0 Å². The summed E-state index contributed by atoms with van der Waals surface area (Å²) in [5.74, 6) is 0.320. The van der Waals surface area contributed by atoms with Crippen molar-refractivity contribution in [2.24, 2.45) is 0 Å². The molecule has 0 unspecified atom stereocenters. The van der Waals surface area contributed by atoms with Gasteiger partial charge in [-0.3, -0.25) is 10.4 Å². The second-order valence-corrected chi connectivity index (χ2v) is 2.98. The van der Waals surface area contributed by atoms with Crippen molar-refractivity contribution in [1.29, 1.82) is 5.41 Å². The van der Waals surface area contributed by atoms with Crippen LogP contribution >= 0.6 is 11.6 Å². The Hall–Kier alpha value is -1.09. The summed E-state index contributed by atoms with van der Waals surface area (Å²) in [6.45, 7) is 0. The van der Waals surface area contributed by atoms with E-state index in [4.69, 9.17) is 17.0 Å². The largest absolute Gasteiger partial charge is 0.361 e. The van der Waals surface area contributed by atoms with Crippen molar-refractivity contribution in [2.45, 2.75) is 0 Å². The average molecular weight is 184 g/mol. The Balaban J connectivity index is 3.03. The van der Waals surface area contributed by atoms with Gasteiger partial charge in [0.25, 0.3) is 0 Å². The number of amidine groups is 1. The minimum atomic E-state index is 0.320. The van der Waals surface area contributed by atoms with E-state index in [-0.39, 0.29) is 0 Å². The third kappa shape index (κ3) is 1.74. The van der Waals surface area contributed by atoms with E-state index in [0.717, 1.165) is 0 Å². The molecule has 0 atom stereocenters. The summed E-state index contributed by atoms with van der Waals surface area (Å²) in [4.78, 5) is 5.66. The van der Waals surface area contributed by atoms with Crippen molar-refractivity contribution in [3.05, 3.63) is 29.0 Å². The molecule has 0 aliphatic carbocycles. The number of hydrogen-bond donors (Lipinski definition) is 1. The molecule has 0 bridgehead atoms. The number of hydrogen-bond acceptors (Lipinski definition) is 2. The van der Waals surface area contributed by atoms with Crippen molar-refractivity contribution in [3.8, 4) is 0 Å². The van der Waals surface area contributed by atoms with E-state index in [2.05, 4.69) is 4.98 Å². The van der Waals surface area contributed by atoms with Gasteiger partial charge < -0.3 is 4.90 Å². The first-order chi connectivity index (χ1) is 5.63. The van der Waals surface area contributed by atoms with Gasteiger partial charge in [-0.05, 0) is 12.1 Å². The fraction of sp³-hybridized carbons (Fsp3) is 0.250. The van der Waals surface area contributed by atoms with E-state index in [1.165, 1.54) is 0 Å². The van der Waals surface area contributed by atoms with E-state index in [9.17, 15) is 0 Å². The number of aromatic nitrogens is 1. The smallest absolute Gasteiger partial charge is 0.148 e. The van der Waals surface area contributed by atoms with Crippen LogP contribution in [0.1, 0.15) is 5.69 Å². The molecule has 0 radical (unpaired) electrons. The van der Waals surface area contributed by atoms with E-state index < -0.39 is 0 Å². The summed E-state index contributed by atoms with van der Waals surface area (Å²) < 4.78 is 0. The molecule has 1 rings (SSSR count). The molecule has 0 spiro atoms. The first-order valence-electron chi connectivity index (χ1n) is 3.49. The molecule has 3 nitrogen and oxygen atoms in total. The third-order valence-corrected chi connectivity index (χ3v) is 1.73. The maximum absolute atomic E-state index is 7.60. The predicted molar refractivity (Wildman–Crippen MR) is 49.8 cm³/mol. The minimum absolute atomic E-state index is 0.320. The molecule has 0 saturated heterocycles. The van der Waals surface area contributed by atoms with Gasteiger partial charge in [0, 0.05) is 20.3 Å². The van der Waals surface area contributed by atoms with Gasteiger partial charge >= 0.3 is 0 Å². The maximum atomic E-state index is 7.60. The Kier molecular flexibility index (Phi) is 2.65. The zero-order valence-electron chi connectivity index (χ0n) is 7.00. The van der Waals surface area contributed by atoms with Gasteiger partial charge in [-0.1, -0.05) is 11.6 Å². The monoisotopic (exact) mass is 183 g/mol. The number of pyridine rings is 1. The molecule has 1 heterocycles. The van der Waals surface area contributed by atoms with Gasteiger partial charge in [-0.25, -0.2) is 0 Å². The van der Waals surface area contributed by atoms with Crippen LogP contribution in [0.4, 0.5) is 0 Å². The summed E-state index contributed by atoms with van der Waals surface area (Å²) >= 11 is 5.83. The van der Waals surface area contributed by atoms with E-state index in [0.29, 0.717) is 16.6 Å². The Morgan fingerprint density at radius 3 is 2.75 bits per heavy atom. The van der Waals surface area contributed by atoms with Crippen molar-refractivity contribution < 1.29 is 0 Å². The zero-order chi connectivity index (χ0) is 9.14. The fourth-order valence-corrected chi connectivity index (χ4v) is 0.983. The van der Waals surface area contributed by atoms with Gasteiger partial charge in [0.05, 0.1) is 5.02 Å². The van der Waals surface area contributed by atoms with Gasteiger partial charge in [-0.15, -0.1) is 0 Å². The summed E-state index contributed by atoms with van der Waals surface area (Å²) in [7, 11) is 3.57. The second-order valence-electron chi connectivity index (χ2n) is 2.58. The second kappa shape index (κ2) is 3.54. The quantitative estimate of drug-likeness (QED) is 0.531. The molecule has 64 valence electrons. The average Bonchev–Trinajstić information content (AvgIpc) is 2.04. The summed E-state index contributed by atoms with van der Waals surface area (Å²) in [5.41, 5.74) is 0.518. The molecule has 1 N–H and O–H groups in total. The summed E-state index contributed by atoms with van der Waals surface area (Å²) in [6.07, 6.45) is 1.62. The molecule has 0 aliphatic heterocycles. The molecular weight excluding hydrogens is 174 g/mol. The van der Waals surface area contributed by atoms with Crippen LogP contribution in [0.5, 0.6) is 0 Å². The Morgan fingerprint density at radius 1 is 1.58 bits per heavy atom. The molecule has 0 aromatic carbocycles. The zero-order valence-corrected chi connectivity index (χ0v) is 7.76. The molecule has 1 aromatic heterocycles. The lowest BCUT2D eigenvalue weighted by Crippen LogP contribution is -2.23. The highest BCUT2D eigenvalue weighted by molar-refractivity contribution is 6.33. The molecule has 1 aromatic rings. The highest BCUT2D eigenvalue weighted by Gasteiger charge is 2.08. The molecular formula is C8H10ClN3. The first-order valence-corrected chi connectivity index (χ1v) is 3.87. The van der Waals surface area contributed by atoms with Gasteiger partial charge in [0.2, 0.25) is 0 Å². The van der Waals surface area contributed by atoms with Crippen LogP contribution in [0.3, 0.4) is 0 Å². The van der Waals surface area contributed by atoms with Gasteiger partial charge in [-0.2, -0.15) is 0 Å². The Bertz CT molecular complexity index is 296. The number of nitrogens with zero attached hydrogens (tertiary/aromatic N) is 2. The van der Waals surface area contributed by atoms with Crippen LogP contribution in [0.25, 0.3) is 0 Å². The number of nitrogens with one attached hydrogen (secondary N) is 1. The molecule has 0 fully saturated rings. The van der Waals surface area contributed by atoms with Crippen molar-refractivity contribution in [3.63, 3.8) is 0 Å². The van der Waals surface area contributed by atoms with Crippen LogP contribution in [-0.4, -0.2) is 29.8 Å². The fourth-order valence-electron chi connectivity index (χ4n) is 0.772. The predicted octanol–water partition coefficient (Wildman–Crippen LogP) is 1.62. The maximum Gasteiger partial charge on any atom is 0.148 e. The summed E-state index contributed by atoms with van der Waals surface area (Å²) in [5, 5.41) is 8.11. The standard InChI is InChI=1S/C8H10ClN3/c1-12(2)8(10)7-6(9)4-3-5-11-7/h3-5,10H,1-2H3. The Labute approximate surface area is 76.5 Å². The number of rotatable bonds is 1. The van der Waals surface area contributed by atoms with Crippen LogP contribution in [0.2, 0.25) is 5.02 Å². The lowest BCUT2D eigenvalue weighted by molar-refractivity contribution is 0.616. The van der Waals surface area contributed by atoms with E-state index >= 15 is 0 Å². The minimum Gasteiger partial charge on any atom is -0.361 e.